The summed E-state index contributed by atoms with van der Waals surface area (Å²) in [5.41, 5.74) is 1.71. The molecular weight excluding hydrogens is 331 g/mol. The van der Waals surface area contributed by atoms with Crippen molar-refractivity contribution in [1.82, 2.24) is 20.4 Å². The molecule has 1 amide bonds. The van der Waals surface area contributed by atoms with Gasteiger partial charge < -0.3 is 10.6 Å². The zero-order valence-corrected chi connectivity index (χ0v) is 14.2. The first-order valence-electron chi connectivity index (χ1n) is 8.01. The van der Waals surface area contributed by atoms with E-state index in [0.717, 1.165) is 37.3 Å². The Kier molecular flexibility index (Phi) is 6.75. The maximum absolute atomic E-state index is 12.9. The van der Waals surface area contributed by atoms with Crippen molar-refractivity contribution in [3.63, 3.8) is 0 Å². The molecule has 0 aliphatic carbocycles. The van der Waals surface area contributed by atoms with E-state index in [1.54, 1.807) is 16.8 Å². The molecule has 3 rings (SSSR count). The molecule has 1 atom stereocenters. The summed E-state index contributed by atoms with van der Waals surface area (Å²) in [6.07, 6.45) is 4.54. The van der Waals surface area contributed by atoms with Crippen LogP contribution in [0.25, 0.3) is 5.69 Å². The molecule has 1 aromatic carbocycles. The van der Waals surface area contributed by atoms with E-state index in [-0.39, 0.29) is 30.0 Å². The van der Waals surface area contributed by atoms with Crippen LogP contribution in [0.4, 0.5) is 4.39 Å². The molecule has 5 nitrogen and oxygen atoms in total. The molecule has 1 aliphatic rings. The minimum Gasteiger partial charge on any atom is -0.355 e. The van der Waals surface area contributed by atoms with Gasteiger partial charge in [-0.25, -0.2) is 9.07 Å². The number of amides is 1. The summed E-state index contributed by atoms with van der Waals surface area (Å²) in [7, 11) is 0. The average Bonchev–Trinajstić information content (AvgIpc) is 3.05. The number of nitrogens with one attached hydrogen (secondary N) is 2. The summed E-state index contributed by atoms with van der Waals surface area (Å²) in [5.74, 6) is -0.0586. The molecular formula is C17H22ClFN4O. The Balaban J connectivity index is 0.00000208. The molecule has 1 aromatic heterocycles. The van der Waals surface area contributed by atoms with E-state index in [4.69, 9.17) is 0 Å². The minimum atomic E-state index is -0.263. The van der Waals surface area contributed by atoms with E-state index in [9.17, 15) is 9.18 Å². The number of aromatic nitrogens is 2. The fourth-order valence-electron chi connectivity index (χ4n) is 2.77. The fraction of sp³-hybridized carbons (Fsp3) is 0.412. The molecule has 1 saturated heterocycles. The molecule has 2 heterocycles. The highest BCUT2D eigenvalue weighted by Crippen LogP contribution is 2.10. The molecule has 24 heavy (non-hydrogen) atoms. The third-order valence-electron chi connectivity index (χ3n) is 4.08. The fourth-order valence-corrected chi connectivity index (χ4v) is 2.77. The molecule has 1 fully saturated rings. The second-order valence-corrected chi connectivity index (χ2v) is 5.81. The predicted molar refractivity (Wildman–Crippen MR) is 93.1 cm³/mol. The van der Waals surface area contributed by atoms with E-state index < -0.39 is 0 Å². The van der Waals surface area contributed by atoms with Crippen LogP contribution in [0.2, 0.25) is 0 Å². The van der Waals surface area contributed by atoms with Gasteiger partial charge in [0.2, 0.25) is 5.91 Å². The predicted octanol–water partition coefficient (Wildman–Crippen LogP) is 2.09. The molecule has 0 bridgehead atoms. The van der Waals surface area contributed by atoms with Gasteiger partial charge in [0.25, 0.3) is 0 Å². The van der Waals surface area contributed by atoms with Crippen molar-refractivity contribution >= 4 is 18.3 Å². The van der Waals surface area contributed by atoms with Crippen LogP contribution >= 0.6 is 12.4 Å². The first-order chi connectivity index (χ1) is 11.2. The number of carbonyl (C=O) groups excluding carboxylic acids is 1. The van der Waals surface area contributed by atoms with Crippen molar-refractivity contribution < 1.29 is 9.18 Å². The molecule has 0 radical (unpaired) electrons. The smallest absolute Gasteiger partial charge is 0.224 e. The summed E-state index contributed by atoms with van der Waals surface area (Å²) in [4.78, 5) is 12.0. The number of piperidine rings is 1. The Morgan fingerprint density at radius 2 is 2.12 bits per heavy atom. The molecule has 2 N–H and O–H groups in total. The summed E-state index contributed by atoms with van der Waals surface area (Å²) in [6, 6.07) is 8.11. The maximum Gasteiger partial charge on any atom is 0.224 e. The number of carbonyl (C=O) groups is 1. The molecule has 1 aliphatic heterocycles. The van der Waals surface area contributed by atoms with Gasteiger partial charge in [0.1, 0.15) is 5.82 Å². The van der Waals surface area contributed by atoms with E-state index in [0.29, 0.717) is 13.0 Å². The molecule has 1 unspecified atom stereocenters. The lowest BCUT2D eigenvalue weighted by Crippen LogP contribution is -2.41. The van der Waals surface area contributed by atoms with Crippen LogP contribution in [-0.4, -0.2) is 35.3 Å². The van der Waals surface area contributed by atoms with Crippen LogP contribution in [0.3, 0.4) is 0 Å². The van der Waals surface area contributed by atoms with Crippen LogP contribution < -0.4 is 10.6 Å². The lowest BCUT2D eigenvalue weighted by Gasteiger charge is -2.21. The third kappa shape index (κ3) is 4.79. The zero-order valence-electron chi connectivity index (χ0n) is 13.4. The topological polar surface area (TPSA) is 59.0 Å². The first-order valence-corrected chi connectivity index (χ1v) is 8.01. The SMILES string of the molecule is Cl.O=C(NCCc1ccn(-c2ccc(F)cc2)n1)C1CCCNC1. The Morgan fingerprint density at radius 1 is 1.33 bits per heavy atom. The van der Waals surface area contributed by atoms with E-state index in [2.05, 4.69) is 15.7 Å². The number of benzene rings is 1. The van der Waals surface area contributed by atoms with Crippen molar-refractivity contribution in [3.8, 4) is 5.69 Å². The van der Waals surface area contributed by atoms with Crippen molar-refractivity contribution in [1.29, 1.82) is 0 Å². The highest BCUT2D eigenvalue weighted by molar-refractivity contribution is 5.85. The van der Waals surface area contributed by atoms with Crippen molar-refractivity contribution in [2.75, 3.05) is 19.6 Å². The third-order valence-corrected chi connectivity index (χ3v) is 4.08. The Bertz CT molecular complexity index is 653. The van der Waals surface area contributed by atoms with Gasteiger partial charge in [-0.15, -0.1) is 12.4 Å². The largest absolute Gasteiger partial charge is 0.355 e. The van der Waals surface area contributed by atoms with Gasteiger partial charge in [-0.1, -0.05) is 0 Å². The average molecular weight is 353 g/mol. The number of nitrogens with zero attached hydrogens (tertiary/aromatic N) is 2. The minimum absolute atomic E-state index is 0. The Hall–Kier alpha value is -1.92. The number of hydrogen-bond donors (Lipinski definition) is 2. The Morgan fingerprint density at radius 3 is 2.83 bits per heavy atom. The standard InChI is InChI=1S/C17H21FN4O.ClH/c18-14-3-5-16(6-4-14)22-11-8-15(21-22)7-10-20-17(23)13-2-1-9-19-12-13;/h3-6,8,11,13,19H,1-2,7,9-10,12H2,(H,20,23);1H. The zero-order chi connectivity index (χ0) is 16.1. The molecule has 2 aromatic rings. The van der Waals surface area contributed by atoms with Crippen LogP contribution in [0.15, 0.2) is 36.5 Å². The van der Waals surface area contributed by atoms with Crippen LogP contribution in [0, 0.1) is 11.7 Å². The monoisotopic (exact) mass is 352 g/mol. The highest BCUT2D eigenvalue weighted by atomic mass is 35.5. The van der Waals surface area contributed by atoms with Crippen molar-refractivity contribution in [2.45, 2.75) is 19.3 Å². The summed E-state index contributed by atoms with van der Waals surface area (Å²) in [5, 5.41) is 10.7. The van der Waals surface area contributed by atoms with Gasteiger partial charge in [-0.3, -0.25) is 4.79 Å². The lowest BCUT2D eigenvalue weighted by molar-refractivity contribution is -0.125. The molecule has 130 valence electrons. The van der Waals surface area contributed by atoms with E-state index >= 15 is 0 Å². The van der Waals surface area contributed by atoms with Crippen LogP contribution in [-0.2, 0) is 11.2 Å². The van der Waals surface area contributed by atoms with Gasteiger partial charge in [0.05, 0.1) is 17.3 Å². The van der Waals surface area contributed by atoms with Crippen molar-refractivity contribution in [2.24, 2.45) is 5.92 Å². The first kappa shape index (κ1) is 18.4. The number of halogens is 2. The quantitative estimate of drug-likeness (QED) is 0.866. The molecule has 0 saturated carbocycles. The second-order valence-electron chi connectivity index (χ2n) is 5.81. The number of rotatable bonds is 5. The lowest BCUT2D eigenvalue weighted by atomic mass is 9.99. The van der Waals surface area contributed by atoms with Crippen LogP contribution in [0.5, 0.6) is 0 Å². The van der Waals surface area contributed by atoms with E-state index in [1.807, 2.05) is 12.3 Å². The summed E-state index contributed by atoms with van der Waals surface area (Å²) in [6.45, 7) is 2.35. The second kappa shape index (κ2) is 8.80. The van der Waals surface area contributed by atoms with Gasteiger partial charge in [-0.05, 0) is 49.7 Å². The van der Waals surface area contributed by atoms with Gasteiger partial charge in [0, 0.05) is 25.7 Å². The van der Waals surface area contributed by atoms with Gasteiger partial charge >= 0.3 is 0 Å². The Labute approximate surface area is 147 Å². The van der Waals surface area contributed by atoms with Gasteiger partial charge in [-0.2, -0.15) is 5.10 Å². The highest BCUT2D eigenvalue weighted by Gasteiger charge is 2.20. The van der Waals surface area contributed by atoms with E-state index in [1.165, 1.54) is 12.1 Å². The maximum atomic E-state index is 12.9. The molecule has 7 heteroatoms. The number of hydrogen-bond acceptors (Lipinski definition) is 3. The van der Waals surface area contributed by atoms with Crippen LogP contribution in [0.1, 0.15) is 18.5 Å². The summed E-state index contributed by atoms with van der Waals surface area (Å²) >= 11 is 0. The molecule has 0 spiro atoms. The van der Waals surface area contributed by atoms with Crippen molar-refractivity contribution in [3.05, 3.63) is 48.0 Å². The summed E-state index contributed by atoms with van der Waals surface area (Å²) < 4.78 is 14.6. The normalized spacial score (nSPS) is 17.1. The van der Waals surface area contributed by atoms with Gasteiger partial charge in [0.15, 0.2) is 0 Å².